The van der Waals surface area contributed by atoms with Crippen LogP contribution < -0.4 is 4.90 Å². The molecule has 1 aromatic carbocycles. The van der Waals surface area contributed by atoms with E-state index in [1.807, 2.05) is 19.3 Å². The molecule has 0 saturated heterocycles. The van der Waals surface area contributed by atoms with Crippen LogP contribution in [0.2, 0.25) is 0 Å². The Morgan fingerprint density at radius 2 is 2.17 bits per heavy atom. The molecule has 1 aliphatic heterocycles. The van der Waals surface area contributed by atoms with Crippen LogP contribution in [0.4, 0.5) is 5.69 Å². The Labute approximate surface area is 106 Å². The molecule has 0 unspecified atom stereocenters. The number of hydrogen-bond acceptors (Lipinski definition) is 3. The van der Waals surface area contributed by atoms with Gasteiger partial charge in [0, 0.05) is 43.7 Å². The van der Waals surface area contributed by atoms with Gasteiger partial charge in [-0.1, -0.05) is 0 Å². The Balaban J connectivity index is 2.20. The summed E-state index contributed by atoms with van der Waals surface area (Å²) in [5.41, 5.74) is 5.20. The monoisotopic (exact) mass is 238 g/mol. The second-order valence-corrected chi connectivity index (χ2v) is 4.71. The molecule has 0 bridgehead atoms. The van der Waals surface area contributed by atoms with Crippen LogP contribution in [-0.2, 0) is 13.5 Å². The maximum Gasteiger partial charge on any atom is 0.0998 e. The number of likely N-dealkylation sites (N-methyl/N-ethyl adjacent to an activating group) is 1. The maximum atomic E-state index is 9.29. The van der Waals surface area contributed by atoms with Crippen molar-refractivity contribution in [2.45, 2.75) is 6.42 Å². The number of nitrogens with zero attached hydrogens (tertiary/aromatic N) is 4. The van der Waals surface area contributed by atoms with Gasteiger partial charge in [0.05, 0.1) is 17.8 Å². The average molecular weight is 238 g/mol. The number of hydrogen-bond donors (Lipinski definition) is 0. The fourth-order valence-corrected chi connectivity index (χ4v) is 2.49. The summed E-state index contributed by atoms with van der Waals surface area (Å²) in [6.07, 6.45) is 4.77. The number of nitriles is 1. The SMILES string of the molecule is CN1CCc2cc(C#N)c(-c3cnn(C)c3)cc21. The molecule has 0 aliphatic carbocycles. The van der Waals surface area contributed by atoms with E-state index in [9.17, 15) is 5.26 Å². The number of anilines is 1. The van der Waals surface area contributed by atoms with E-state index >= 15 is 0 Å². The van der Waals surface area contributed by atoms with Crippen molar-refractivity contribution in [3.05, 3.63) is 35.7 Å². The average Bonchev–Trinajstić information content (AvgIpc) is 2.95. The summed E-state index contributed by atoms with van der Waals surface area (Å²) in [5, 5.41) is 13.5. The lowest BCUT2D eigenvalue weighted by Gasteiger charge is -2.13. The lowest BCUT2D eigenvalue weighted by Crippen LogP contribution is -2.12. The van der Waals surface area contributed by atoms with Gasteiger partial charge >= 0.3 is 0 Å². The first kappa shape index (κ1) is 10.8. The Hall–Kier alpha value is -2.28. The highest BCUT2D eigenvalue weighted by Gasteiger charge is 2.19. The van der Waals surface area contributed by atoms with Crippen LogP contribution in [0.25, 0.3) is 11.1 Å². The zero-order valence-electron chi connectivity index (χ0n) is 10.5. The van der Waals surface area contributed by atoms with E-state index in [0.717, 1.165) is 29.7 Å². The maximum absolute atomic E-state index is 9.29. The summed E-state index contributed by atoms with van der Waals surface area (Å²) in [4.78, 5) is 2.23. The fourth-order valence-electron chi connectivity index (χ4n) is 2.49. The molecule has 0 fully saturated rings. The largest absolute Gasteiger partial charge is 0.374 e. The van der Waals surface area contributed by atoms with Crippen molar-refractivity contribution in [2.24, 2.45) is 7.05 Å². The highest BCUT2D eigenvalue weighted by molar-refractivity contribution is 5.77. The van der Waals surface area contributed by atoms with Crippen LogP contribution in [0.15, 0.2) is 24.5 Å². The molecular weight excluding hydrogens is 224 g/mol. The van der Waals surface area contributed by atoms with Gasteiger partial charge in [-0.3, -0.25) is 4.68 Å². The number of aromatic nitrogens is 2. The van der Waals surface area contributed by atoms with Gasteiger partial charge in [0.15, 0.2) is 0 Å². The second-order valence-electron chi connectivity index (χ2n) is 4.71. The van der Waals surface area contributed by atoms with Crippen LogP contribution in [0.5, 0.6) is 0 Å². The van der Waals surface area contributed by atoms with Crippen molar-refractivity contribution >= 4 is 5.69 Å². The van der Waals surface area contributed by atoms with Gasteiger partial charge in [0.2, 0.25) is 0 Å². The van der Waals surface area contributed by atoms with Crippen LogP contribution >= 0.6 is 0 Å². The fraction of sp³-hybridized carbons (Fsp3) is 0.286. The summed E-state index contributed by atoms with van der Waals surface area (Å²) >= 11 is 0. The van der Waals surface area contributed by atoms with Crippen LogP contribution in [0, 0.1) is 11.3 Å². The first-order chi connectivity index (χ1) is 8.69. The summed E-state index contributed by atoms with van der Waals surface area (Å²) in [5.74, 6) is 0. The Morgan fingerprint density at radius 1 is 1.33 bits per heavy atom. The van der Waals surface area contributed by atoms with Gasteiger partial charge < -0.3 is 4.90 Å². The minimum absolute atomic E-state index is 0.733. The molecule has 18 heavy (non-hydrogen) atoms. The normalized spacial score (nSPS) is 13.5. The highest BCUT2D eigenvalue weighted by atomic mass is 15.2. The molecule has 0 atom stereocenters. The quantitative estimate of drug-likeness (QED) is 0.762. The predicted molar refractivity (Wildman–Crippen MR) is 70.3 cm³/mol. The molecule has 4 nitrogen and oxygen atoms in total. The number of aryl methyl sites for hydroxylation is 1. The standard InChI is InChI=1S/C14H14N4/c1-17-4-3-10-5-11(7-15)13(6-14(10)17)12-8-16-18(2)9-12/h5-6,8-9H,3-4H2,1-2H3. The Morgan fingerprint density at radius 3 is 2.83 bits per heavy atom. The van der Waals surface area contributed by atoms with Crippen molar-refractivity contribution in [1.29, 1.82) is 5.26 Å². The third-order valence-corrected chi connectivity index (χ3v) is 3.48. The number of fused-ring (bicyclic) bond motifs is 1. The zero-order chi connectivity index (χ0) is 12.7. The molecular formula is C14H14N4. The van der Waals surface area contributed by atoms with Gasteiger partial charge in [-0.15, -0.1) is 0 Å². The third-order valence-electron chi connectivity index (χ3n) is 3.48. The summed E-state index contributed by atoms with van der Waals surface area (Å²) in [7, 11) is 3.97. The summed E-state index contributed by atoms with van der Waals surface area (Å²) in [6.45, 7) is 1.02. The van der Waals surface area contributed by atoms with Gasteiger partial charge in [0.25, 0.3) is 0 Å². The molecule has 4 heteroatoms. The van der Waals surface area contributed by atoms with Crippen LogP contribution in [-0.4, -0.2) is 23.4 Å². The van der Waals surface area contributed by atoms with Crippen LogP contribution in [0.3, 0.4) is 0 Å². The van der Waals surface area contributed by atoms with Gasteiger partial charge in [0.1, 0.15) is 0 Å². The van der Waals surface area contributed by atoms with Gasteiger partial charge in [-0.2, -0.15) is 10.4 Å². The Kier molecular flexibility index (Phi) is 2.34. The van der Waals surface area contributed by atoms with E-state index in [-0.39, 0.29) is 0 Å². The van der Waals surface area contributed by atoms with E-state index in [4.69, 9.17) is 0 Å². The van der Waals surface area contributed by atoms with E-state index in [1.54, 1.807) is 10.9 Å². The lowest BCUT2D eigenvalue weighted by molar-refractivity contribution is 0.768. The smallest absolute Gasteiger partial charge is 0.0998 e. The van der Waals surface area contributed by atoms with Crippen molar-refractivity contribution < 1.29 is 0 Å². The lowest BCUT2D eigenvalue weighted by atomic mass is 9.99. The predicted octanol–water partition coefficient (Wildman–Crippen LogP) is 1.95. The number of rotatable bonds is 1. The molecule has 0 saturated carbocycles. The van der Waals surface area contributed by atoms with Crippen molar-refractivity contribution in [2.75, 3.05) is 18.5 Å². The zero-order valence-corrected chi connectivity index (χ0v) is 10.5. The molecule has 0 spiro atoms. The van der Waals surface area contributed by atoms with Crippen molar-refractivity contribution in [3.8, 4) is 17.2 Å². The van der Waals surface area contributed by atoms with E-state index in [1.165, 1.54) is 11.3 Å². The summed E-state index contributed by atoms with van der Waals surface area (Å²) < 4.78 is 1.76. The highest BCUT2D eigenvalue weighted by Crippen LogP contribution is 2.34. The third kappa shape index (κ3) is 1.56. The van der Waals surface area contributed by atoms with E-state index < -0.39 is 0 Å². The summed E-state index contributed by atoms with van der Waals surface area (Å²) in [6, 6.07) is 6.42. The van der Waals surface area contributed by atoms with Gasteiger partial charge in [-0.05, 0) is 24.1 Å². The van der Waals surface area contributed by atoms with E-state index in [2.05, 4.69) is 29.2 Å². The Bertz CT molecular complexity index is 648. The molecule has 1 aliphatic rings. The van der Waals surface area contributed by atoms with Crippen LogP contribution in [0.1, 0.15) is 11.1 Å². The molecule has 0 radical (unpaired) electrons. The molecule has 3 rings (SSSR count). The molecule has 2 heterocycles. The topological polar surface area (TPSA) is 44.9 Å². The molecule has 0 N–H and O–H groups in total. The molecule has 0 amide bonds. The molecule has 1 aromatic heterocycles. The minimum atomic E-state index is 0.733. The minimum Gasteiger partial charge on any atom is -0.374 e. The first-order valence-electron chi connectivity index (χ1n) is 5.96. The van der Waals surface area contributed by atoms with Gasteiger partial charge in [-0.25, -0.2) is 0 Å². The van der Waals surface area contributed by atoms with E-state index in [0.29, 0.717) is 0 Å². The van der Waals surface area contributed by atoms with Crippen molar-refractivity contribution in [1.82, 2.24) is 9.78 Å². The molecule has 90 valence electrons. The van der Waals surface area contributed by atoms with Crippen molar-refractivity contribution in [3.63, 3.8) is 0 Å². The first-order valence-corrected chi connectivity index (χ1v) is 5.96. The molecule has 2 aromatic rings. The second kappa shape index (κ2) is 3.88. The number of benzene rings is 1.